The van der Waals surface area contributed by atoms with Crippen LogP contribution < -0.4 is 0 Å². The summed E-state index contributed by atoms with van der Waals surface area (Å²) in [4.78, 5) is 0. The highest BCUT2D eigenvalue weighted by Crippen LogP contribution is 1.89. The highest BCUT2D eigenvalue weighted by Gasteiger charge is 1.99. The molecule has 0 unspecified atom stereocenters. The van der Waals surface area contributed by atoms with Crippen molar-refractivity contribution >= 4 is 10.1 Å². The number of rotatable bonds is 3. The van der Waals surface area contributed by atoms with Gasteiger partial charge in [0.25, 0.3) is 10.1 Å². The molecule has 0 aromatic carbocycles. The SMILES string of the molecule is O=S(=O)(O)CCC=CF. The first-order valence-electron chi connectivity index (χ1n) is 2.26. The maximum absolute atomic E-state index is 11.1. The Hall–Kier alpha value is -0.420. The summed E-state index contributed by atoms with van der Waals surface area (Å²) in [5.41, 5.74) is 0. The molecule has 0 fully saturated rings. The third-order valence-electron chi connectivity index (χ3n) is 0.632. The van der Waals surface area contributed by atoms with Crippen molar-refractivity contribution in [2.24, 2.45) is 0 Å². The Labute approximate surface area is 52.9 Å². The molecule has 0 saturated heterocycles. The monoisotopic (exact) mass is 154 g/mol. The van der Waals surface area contributed by atoms with Gasteiger partial charge in [0.15, 0.2) is 0 Å². The zero-order chi connectivity index (χ0) is 7.33. The Bertz CT molecular complexity index is 182. The molecule has 0 amide bonds. The third kappa shape index (κ3) is 7.58. The van der Waals surface area contributed by atoms with Gasteiger partial charge in [0.05, 0.1) is 12.1 Å². The van der Waals surface area contributed by atoms with Gasteiger partial charge in [-0.05, 0) is 6.42 Å². The van der Waals surface area contributed by atoms with Crippen molar-refractivity contribution in [3.8, 4) is 0 Å². The second-order valence-corrected chi connectivity index (χ2v) is 3.01. The second kappa shape index (κ2) is 3.58. The highest BCUT2D eigenvalue weighted by molar-refractivity contribution is 7.85. The summed E-state index contributed by atoms with van der Waals surface area (Å²) >= 11 is 0. The Balaban J connectivity index is 3.53. The minimum atomic E-state index is -3.91. The zero-order valence-corrected chi connectivity index (χ0v) is 5.44. The smallest absolute Gasteiger partial charge is 0.265 e. The lowest BCUT2D eigenvalue weighted by Gasteiger charge is -1.87. The summed E-state index contributed by atoms with van der Waals surface area (Å²) in [5.74, 6) is -0.423. The maximum atomic E-state index is 11.1. The van der Waals surface area contributed by atoms with Gasteiger partial charge >= 0.3 is 0 Å². The standard InChI is InChI=1S/C4H7FO3S/c5-3-1-2-4-9(6,7)8/h1,3H,2,4H2,(H,6,7,8). The Kier molecular flexibility index (Phi) is 3.41. The van der Waals surface area contributed by atoms with Gasteiger partial charge in [-0.2, -0.15) is 8.42 Å². The molecule has 0 radical (unpaired) electrons. The fourth-order valence-corrected chi connectivity index (χ4v) is 0.714. The van der Waals surface area contributed by atoms with Gasteiger partial charge in [-0.15, -0.1) is 0 Å². The highest BCUT2D eigenvalue weighted by atomic mass is 32.2. The first-order chi connectivity index (χ1) is 4.06. The van der Waals surface area contributed by atoms with E-state index in [1.54, 1.807) is 0 Å². The van der Waals surface area contributed by atoms with Gasteiger partial charge in [0.1, 0.15) is 0 Å². The number of hydrogen-bond donors (Lipinski definition) is 1. The molecule has 0 aliphatic rings. The van der Waals surface area contributed by atoms with Crippen LogP contribution in [-0.4, -0.2) is 18.7 Å². The molecule has 54 valence electrons. The summed E-state index contributed by atoms with van der Waals surface area (Å²) in [6, 6.07) is 0. The summed E-state index contributed by atoms with van der Waals surface area (Å²) in [6.07, 6.45) is 1.27. The first-order valence-corrected chi connectivity index (χ1v) is 3.87. The van der Waals surface area contributed by atoms with Gasteiger partial charge in [-0.1, -0.05) is 6.08 Å². The fourth-order valence-electron chi connectivity index (χ4n) is 0.280. The van der Waals surface area contributed by atoms with Crippen LogP contribution in [0.4, 0.5) is 4.39 Å². The van der Waals surface area contributed by atoms with Crippen molar-refractivity contribution in [1.82, 2.24) is 0 Å². The normalized spacial score (nSPS) is 12.7. The van der Waals surface area contributed by atoms with Crippen molar-refractivity contribution in [3.63, 3.8) is 0 Å². The Morgan fingerprint density at radius 2 is 2.11 bits per heavy atom. The Morgan fingerprint density at radius 3 is 2.44 bits per heavy atom. The van der Waals surface area contributed by atoms with E-state index in [-0.39, 0.29) is 12.8 Å². The molecule has 0 aromatic heterocycles. The van der Waals surface area contributed by atoms with E-state index in [0.717, 1.165) is 6.08 Å². The Morgan fingerprint density at radius 1 is 1.56 bits per heavy atom. The maximum Gasteiger partial charge on any atom is 0.265 e. The van der Waals surface area contributed by atoms with E-state index in [0.29, 0.717) is 0 Å². The van der Waals surface area contributed by atoms with E-state index in [1.165, 1.54) is 0 Å². The fraction of sp³-hybridized carbons (Fsp3) is 0.500. The van der Waals surface area contributed by atoms with Gasteiger partial charge in [-0.3, -0.25) is 4.55 Å². The molecular formula is C4H7FO3S. The molecule has 5 heteroatoms. The summed E-state index contributed by atoms with van der Waals surface area (Å²) in [6.45, 7) is 0. The zero-order valence-electron chi connectivity index (χ0n) is 4.62. The van der Waals surface area contributed by atoms with Crippen LogP contribution in [0, 0.1) is 0 Å². The van der Waals surface area contributed by atoms with Crippen molar-refractivity contribution in [1.29, 1.82) is 0 Å². The molecule has 0 aliphatic carbocycles. The van der Waals surface area contributed by atoms with Crippen molar-refractivity contribution in [2.75, 3.05) is 5.75 Å². The molecule has 0 aromatic rings. The summed E-state index contributed by atoms with van der Waals surface area (Å²) in [7, 11) is -3.91. The van der Waals surface area contributed by atoms with Gasteiger partial charge in [0, 0.05) is 0 Å². The minimum absolute atomic E-state index is 0.00926. The molecule has 0 bridgehead atoms. The van der Waals surface area contributed by atoms with Crippen LogP contribution in [0.3, 0.4) is 0 Å². The van der Waals surface area contributed by atoms with E-state index in [1.807, 2.05) is 0 Å². The van der Waals surface area contributed by atoms with E-state index in [9.17, 15) is 12.8 Å². The average molecular weight is 154 g/mol. The van der Waals surface area contributed by atoms with Crippen LogP contribution >= 0.6 is 0 Å². The van der Waals surface area contributed by atoms with E-state index < -0.39 is 15.9 Å². The molecule has 9 heavy (non-hydrogen) atoms. The lowest BCUT2D eigenvalue weighted by atomic mass is 10.5. The minimum Gasteiger partial charge on any atom is -0.286 e. The number of allylic oxidation sites excluding steroid dienone is 1. The molecule has 0 atom stereocenters. The predicted octanol–water partition coefficient (Wildman–Crippen LogP) is 0.748. The van der Waals surface area contributed by atoms with E-state index >= 15 is 0 Å². The molecule has 0 spiro atoms. The van der Waals surface area contributed by atoms with Crippen LogP contribution in [0.5, 0.6) is 0 Å². The number of hydrogen-bond acceptors (Lipinski definition) is 2. The van der Waals surface area contributed by atoms with Crippen LogP contribution in [0.1, 0.15) is 6.42 Å². The lowest BCUT2D eigenvalue weighted by molar-refractivity contribution is 0.483. The van der Waals surface area contributed by atoms with E-state index in [2.05, 4.69) is 0 Å². The van der Waals surface area contributed by atoms with Gasteiger partial charge < -0.3 is 0 Å². The van der Waals surface area contributed by atoms with Crippen molar-refractivity contribution < 1.29 is 17.4 Å². The van der Waals surface area contributed by atoms with Crippen LogP contribution in [0.15, 0.2) is 12.4 Å². The third-order valence-corrected chi connectivity index (χ3v) is 1.38. The number of halogens is 1. The molecule has 0 aliphatic heterocycles. The summed E-state index contributed by atoms with van der Waals surface area (Å²) < 4.78 is 39.0. The largest absolute Gasteiger partial charge is 0.286 e. The van der Waals surface area contributed by atoms with Crippen molar-refractivity contribution in [2.45, 2.75) is 6.42 Å². The lowest BCUT2D eigenvalue weighted by Crippen LogP contribution is -2.01. The predicted molar refractivity (Wildman–Crippen MR) is 31.3 cm³/mol. The molecule has 0 heterocycles. The van der Waals surface area contributed by atoms with Gasteiger partial charge in [0.2, 0.25) is 0 Å². The molecule has 0 rings (SSSR count). The summed E-state index contributed by atoms with van der Waals surface area (Å²) in [5, 5.41) is 0. The second-order valence-electron chi connectivity index (χ2n) is 1.44. The molecular weight excluding hydrogens is 147 g/mol. The first kappa shape index (κ1) is 8.58. The topological polar surface area (TPSA) is 54.4 Å². The van der Waals surface area contributed by atoms with E-state index in [4.69, 9.17) is 4.55 Å². The molecule has 3 nitrogen and oxygen atoms in total. The van der Waals surface area contributed by atoms with Crippen LogP contribution in [0.25, 0.3) is 0 Å². The van der Waals surface area contributed by atoms with Gasteiger partial charge in [-0.25, -0.2) is 4.39 Å². The molecule has 1 N–H and O–H groups in total. The van der Waals surface area contributed by atoms with Crippen LogP contribution in [-0.2, 0) is 10.1 Å². The quantitative estimate of drug-likeness (QED) is 0.610. The molecule has 0 saturated carbocycles. The average Bonchev–Trinajstić information content (AvgIpc) is 1.63. The van der Waals surface area contributed by atoms with Crippen molar-refractivity contribution in [3.05, 3.63) is 12.4 Å². The van der Waals surface area contributed by atoms with Crippen LogP contribution in [0.2, 0.25) is 0 Å².